The first-order valence-corrected chi connectivity index (χ1v) is 11.3. The summed E-state index contributed by atoms with van der Waals surface area (Å²) in [5, 5.41) is 11.0. The number of aliphatic hydroxyl groups is 1. The quantitative estimate of drug-likeness (QED) is 0.406. The first-order chi connectivity index (χ1) is 15.4. The highest BCUT2D eigenvalue weighted by Crippen LogP contribution is 2.40. The number of H-pyrrole nitrogens is 1. The molecule has 7 nitrogen and oxygen atoms in total. The van der Waals surface area contributed by atoms with Crippen LogP contribution in [0.2, 0.25) is 0 Å². The second-order valence-corrected chi connectivity index (χ2v) is 8.98. The Kier molecular flexibility index (Phi) is 6.43. The lowest BCUT2D eigenvalue weighted by atomic mass is 9.93. The third-order valence-corrected chi connectivity index (χ3v) is 6.32. The van der Waals surface area contributed by atoms with Gasteiger partial charge in [-0.15, -0.1) is 0 Å². The average molecular weight is 455 g/mol. The van der Waals surface area contributed by atoms with Crippen molar-refractivity contribution in [1.82, 2.24) is 9.97 Å². The van der Waals surface area contributed by atoms with Crippen molar-refractivity contribution in [2.24, 2.45) is 0 Å². The fourth-order valence-corrected chi connectivity index (χ4v) is 4.77. The van der Waals surface area contributed by atoms with Crippen LogP contribution >= 0.6 is 11.8 Å². The second-order valence-electron chi connectivity index (χ2n) is 7.97. The van der Waals surface area contributed by atoms with Crippen molar-refractivity contribution in [3.63, 3.8) is 0 Å². The predicted molar refractivity (Wildman–Crippen MR) is 123 cm³/mol. The number of rotatable bonds is 7. The Morgan fingerprint density at radius 1 is 1.12 bits per heavy atom. The Morgan fingerprint density at radius 2 is 1.75 bits per heavy atom. The molecule has 0 aliphatic carbocycles. The summed E-state index contributed by atoms with van der Waals surface area (Å²) in [5.41, 5.74) is 2.23. The van der Waals surface area contributed by atoms with Gasteiger partial charge >= 0.3 is 5.97 Å². The number of carbonyl (C=O) groups excluding carboxylic acids is 1. The normalized spacial score (nSPS) is 20.6. The van der Waals surface area contributed by atoms with E-state index in [0.717, 1.165) is 28.3 Å². The van der Waals surface area contributed by atoms with E-state index in [0.29, 0.717) is 23.1 Å². The van der Waals surface area contributed by atoms with Gasteiger partial charge in [0.15, 0.2) is 5.16 Å². The summed E-state index contributed by atoms with van der Waals surface area (Å²) in [6.07, 6.45) is 0.0292. The Balaban J connectivity index is 1.69. The van der Waals surface area contributed by atoms with Gasteiger partial charge in [-0.3, -0.25) is 4.79 Å². The minimum Gasteiger partial charge on any atom is -0.496 e. The van der Waals surface area contributed by atoms with Gasteiger partial charge in [0.05, 0.1) is 31.9 Å². The number of aromatic nitrogens is 2. The molecule has 0 saturated carbocycles. The lowest BCUT2D eigenvalue weighted by molar-refractivity contribution is -0.165. The van der Waals surface area contributed by atoms with Crippen LogP contribution < -0.4 is 9.47 Å². The maximum atomic E-state index is 11.8. The molecule has 1 fully saturated rings. The topological polar surface area (TPSA) is 93.7 Å². The van der Waals surface area contributed by atoms with E-state index in [9.17, 15) is 9.90 Å². The van der Waals surface area contributed by atoms with Crippen LogP contribution in [0, 0.1) is 0 Å². The highest BCUT2D eigenvalue weighted by Gasteiger charge is 2.36. The van der Waals surface area contributed by atoms with E-state index in [-0.39, 0.29) is 18.5 Å². The standard InChI is InChI=1S/C24H26N2O5S/c1-24(28)12-15(31-20(27)13-24)14-32-23-25-21(16-8-4-6-10-18(16)29-2)22(26-23)17-9-5-7-11-19(17)30-3/h4-11,15,28H,12-14H2,1-3H3,(H,25,26)/t15-,24+/m0/s1. The van der Waals surface area contributed by atoms with E-state index < -0.39 is 5.60 Å². The molecule has 1 aliphatic rings. The van der Waals surface area contributed by atoms with Gasteiger partial charge in [0, 0.05) is 23.3 Å². The van der Waals surface area contributed by atoms with Crippen molar-refractivity contribution < 1.29 is 24.1 Å². The molecule has 0 radical (unpaired) electrons. The number of benzene rings is 2. The smallest absolute Gasteiger partial charge is 0.309 e. The molecule has 3 aromatic rings. The number of cyclic esters (lactones) is 1. The van der Waals surface area contributed by atoms with Crippen molar-refractivity contribution in [3.8, 4) is 34.0 Å². The van der Waals surface area contributed by atoms with Crippen LogP contribution in [0.25, 0.3) is 22.5 Å². The van der Waals surface area contributed by atoms with Gasteiger partial charge in [-0.1, -0.05) is 36.0 Å². The van der Waals surface area contributed by atoms with Crippen LogP contribution in [0.1, 0.15) is 19.8 Å². The predicted octanol–water partition coefficient (Wildman–Crippen LogP) is 4.31. The minimum absolute atomic E-state index is 0.0187. The molecular formula is C24H26N2O5S. The zero-order valence-corrected chi connectivity index (χ0v) is 19.1. The number of nitrogens with one attached hydrogen (secondary N) is 1. The SMILES string of the molecule is COc1ccccc1-c1nc(SC[C@@H]2C[C@@](C)(O)CC(=O)O2)[nH]c1-c1ccccc1OC. The monoisotopic (exact) mass is 454 g/mol. The number of esters is 1. The van der Waals surface area contributed by atoms with Crippen LogP contribution in [0.3, 0.4) is 0 Å². The number of para-hydroxylation sites is 2. The summed E-state index contributed by atoms with van der Waals surface area (Å²) in [4.78, 5) is 20.1. The number of imidazole rings is 1. The summed E-state index contributed by atoms with van der Waals surface area (Å²) in [5.74, 6) is 1.53. The summed E-state index contributed by atoms with van der Waals surface area (Å²) >= 11 is 1.44. The number of ether oxygens (including phenoxy) is 3. The molecular weight excluding hydrogens is 428 g/mol. The van der Waals surface area contributed by atoms with Crippen molar-refractivity contribution in [1.29, 1.82) is 0 Å². The van der Waals surface area contributed by atoms with Gasteiger partial charge in [-0.25, -0.2) is 4.98 Å². The van der Waals surface area contributed by atoms with E-state index in [4.69, 9.17) is 19.2 Å². The van der Waals surface area contributed by atoms with Crippen LogP contribution in [-0.4, -0.2) is 52.7 Å². The van der Waals surface area contributed by atoms with E-state index in [2.05, 4.69) is 4.98 Å². The maximum absolute atomic E-state index is 11.8. The molecule has 1 aliphatic heterocycles. The van der Waals surface area contributed by atoms with Gasteiger partial charge in [-0.05, 0) is 31.2 Å². The molecule has 8 heteroatoms. The molecule has 2 aromatic carbocycles. The number of methoxy groups -OCH3 is 2. The average Bonchev–Trinajstić information content (AvgIpc) is 3.20. The van der Waals surface area contributed by atoms with Gasteiger partial charge < -0.3 is 24.3 Å². The van der Waals surface area contributed by atoms with E-state index in [1.165, 1.54) is 11.8 Å². The first kappa shape index (κ1) is 22.2. The Bertz CT molecular complexity index is 1050. The molecule has 2 heterocycles. The number of hydrogen-bond acceptors (Lipinski definition) is 7. The van der Waals surface area contributed by atoms with E-state index >= 15 is 0 Å². The van der Waals surface area contributed by atoms with Crippen molar-refractivity contribution in [2.75, 3.05) is 20.0 Å². The van der Waals surface area contributed by atoms with Gasteiger partial charge in [-0.2, -0.15) is 0 Å². The second kappa shape index (κ2) is 9.26. The third-order valence-electron chi connectivity index (χ3n) is 5.32. The lowest BCUT2D eigenvalue weighted by Crippen LogP contribution is -2.41. The number of carbonyl (C=O) groups is 1. The summed E-state index contributed by atoms with van der Waals surface area (Å²) in [6, 6.07) is 15.4. The van der Waals surface area contributed by atoms with Crippen LogP contribution in [0.15, 0.2) is 53.7 Å². The first-order valence-electron chi connectivity index (χ1n) is 10.3. The van der Waals surface area contributed by atoms with E-state index in [1.807, 2.05) is 48.5 Å². The Hall–Kier alpha value is -2.97. The number of aromatic amines is 1. The fourth-order valence-electron chi connectivity index (χ4n) is 3.91. The molecule has 2 atom stereocenters. The molecule has 2 N–H and O–H groups in total. The highest BCUT2D eigenvalue weighted by atomic mass is 32.2. The molecule has 0 unspecified atom stereocenters. The van der Waals surface area contributed by atoms with Crippen LogP contribution in [0.4, 0.5) is 0 Å². The van der Waals surface area contributed by atoms with Crippen molar-refractivity contribution >= 4 is 17.7 Å². The molecule has 1 aromatic heterocycles. The molecule has 4 rings (SSSR count). The highest BCUT2D eigenvalue weighted by molar-refractivity contribution is 7.99. The van der Waals surface area contributed by atoms with Gasteiger partial charge in [0.1, 0.15) is 23.3 Å². The minimum atomic E-state index is -1.05. The van der Waals surface area contributed by atoms with Gasteiger partial charge in [0.25, 0.3) is 0 Å². The Labute approximate surface area is 191 Å². The van der Waals surface area contributed by atoms with Crippen LogP contribution in [-0.2, 0) is 9.53 Å². The Morgan fingerprint density at radius 3 is 2.41 bits per heavy atom. The van der Waals surface area contributed by atoms with Crippen molar-refractivity contribution in [3.05, 3.63) is 48.5 Å². The summed E-state index contributed by atoms with van der Waals surface area (Å²) < 4.78 is 16.6. The molecule has 32 heavy (non-hydrogen) atoms. The maximum Gasteiger partial charge on any atom is 0.309 e. The molecule has 0 spiro atoms. The summed E-state index contributed by atoms with van der Waals surface area (Å²) in [7, 11) is 3.27. The zero-order valence-electron chi connectivity index (χ0n) is 18.3. The molecule has 0 bridgehead atoms. The lowest BCUT2D eigenvalue weighted by Gasteiger charge is -2.32. The van der Waals surface area contributed by atoms with Gasteiger partial charge in [0.2, 0.25) is 0 Å². The molecule has 0 amide bonds. The third kappa shape index (κ3) is 4.76. The zero-order chi connectivity index (χ0) is 22.7. The fraction of sp³-hybridized carbons (Fsp3) is 0.333. The van der Waals surface area contributed by atoms with Crippen LogP contribution in [0.5, 0.6) is 11.5 Å². The molecule has 168 valence electrons. The van der Waals surface area contributed by atoms with Crippen molar-refractivity contribution in [2.45, 2.75) is 36.6 Å². The number of thioether (sulfide) groups is 1. The molecule has 1 saturated heterocycles. The number of nitrogens with zero attached hydrogens (tertiary/aromatic N) is 1. The summed E-state index contributed by atoms with van der Waals surface area (Å²) in [6.45, 7) is 1.66. The largest absolute Gasteiger partial charge is 0.496 e. The van der Waals surface area contributed by atoms with E-state index in [1.54, 1.807) is 21.1 Å². The number of hydrogen-bond donors (Lipinski definition) is 2.